The Bertz CT molecular complexity index is 1290. The molecule has 3 aliphatic heterocycles. The molecule has 1 aromatic heterocycles. The zero-order chi connectivity index (χ0) is 24.7. The molecule has 1 atom stereocenters. The molecule has 0 bridgehead atoms. The predicted octanol–water partition coefficient (Wildman–Crippen LogP) is 4.85. The quantitative estimate of drug-likeness (QED) is 0.562. The number of thiophene rings is 1. The van der Waals surface area contributed by atoms with E-state index >= 15 is 4.39 Å². The van der Waals surface area contributed by atoms with E-state index < -0.39 is 5.82 Å². The van der Waals surface area contributed by atoms with Crippen molar-refractivity contribution in [2.24, 2.45) is 4.99 Å². The van der Waals surface area contributed by atoms with Gasteiger partial charge in [0.2, 0.25) is 11.8 Å². The minimum Gasteiger partial charge on any atom is -0.370 e. The minimum atomic E-state index is -0.515. The van der Waals surface area contributed by atoms with Gasteiger partial charge in [-0.1, -0.05) is 18.5 Å². The van der Waals surface area contributed by atoms with Crippen LogP contribution in [-0.4, -0.2) is 48.8 Å². The van der Waals surface area contributed by atoms with E-state index in [-0.39, 0.29) is 36.9 Å². The van der Waals surface area contributed by atoms with Gasteiger partial charge in [-0.3, -0.25) is 14.5 Å². The Morgan fingerprint density at radius 1 is 1.31 bits per heavy atom. The van der Waals surface area contributed by atoms with E-state index in [0.717, 1.165) is 53.2 Å². The fourth-order valence-electron chi connectivity index (χ4n) is 4.98. The predicted molar refractivity (Wildman–Crippen MR) is 138 cm³/mol. The van der Waals surface area contributed by atoms with Crippen molar-refractivity contribution in [2.75, 3.05) is 25.0 Å². The molecule has 182 valence electrons. The van der Waals surface area contributed by atoms with E-state index in [9.17, 15) is 9.59 Å². The molecule has 9 heteroatoms. The van der Waals surface area contributed by atoms with Gasteiger partial charge >= 0.3 is 0 Å². The monoisotopic (exact) mass is 512 g/mol. The Labute approximate surface area is 212 Å². The van der Waals surface area contributed by atoms with E-state index in [1.165, 1.54) is 11.3 Å². The van der Waals surface area contributed by atoms with Gasteiger partial charge in [0.05, 0.1) is 16.3 Å². The van der Waals surface area contributed by atoms with Crippen molar-refractivity contribution in [3.63, 3.8) is 0 Å². The number of halogens is 2. The third-order valence-electron chi connectivity index (χ3n) is 6.85. The molecule has 0 spiro atoms. The van der Waals surface area contributed by atoms with Crippen molar-refractivity contribution in [2.45, 2.75) is 45.2 Å². The number of benzene rings is 1. The van der Waals surface area contributed by atoms with Gasteiger partial charge in [-0.15, -0.1) is 11.3 Å². The maximum absolute atomic E-state index is 15.6. The first kappa shape index (κ1) is 23.9. The standard InChI is InChI=1S/C26H26ClFN4O2S/c1-3-15-11-16(27)12-19(25(15)31(2)17-8-10-29-13-17)18-5-4-9-30-24-23(28)20(35-26(18)24)14-32-21(33)6-7-22(32)34/h4-5,11-12,17,29H,3,6-8,10,13-14H2,1-2H3/t17-/m1/s1. The first-order chi connectivity index (χ1) is 16.9. The number of anilines is 1. The molecule has 0 radical (unpaired) electrons. The number of aliphatic imine (C=N–C) groups is 1. The van der Waals surface area contributed by atoms with Crippen LogP contribution in [-0.2, 0) is 22.6 Å². The van der Waals surface area contributed by atoms with Crippen LogP contribution in [0.25, 0.3) is 5.57 Å². The summed E-state index contributed by atoms with van der Waals surface area (Å²) in [7, 11) is 2.10. The lowest BCUT2D eigenvalue weighted by Crippen LogP contribution is -2.34. The summed E-state index contributed by atoms with van der Waals surface area (Å²) in [4.78, 5) is 32.9. The number of allylic oxidation sites excluding steroid dienone is 2. The molecule has 3 aliphatic rings. The fraction of sp³-hybridized carbons (Fsp3) is 0.385. The van der Waals surface area contributed by atoms with Crippen molar-refractivity contribution < 1.29 is 14.0 Å². The van der Waals surface area contributed by atoms with Crippen LogP contribution >= 0.6 is 22.9 Å². The molecular weight excluding hydrogens is 487 g/mol. The topological polar surface area (TPSA) is 65.0 Å². The maximum atomic E-state index is 15.6. The number of carbonyl (C=O) groups is 2. The first-order valence-electron chi connectivity index (χ1n) is 11.8. The summed E-state index contributed by atoms with van der Waals surface area (Å²) in [6.45, 7) is 3.88. The van der Waals surface area contributed by atoms with Gasteiger partial charge < -0.3 is 10.2 Å². The van der Waals surface area contributed by atoms with Crippen molar-refractivity contribution in [3.8, 4) is 0 Å². The molecule has 4 heterocycles. The van der Waals surface area contributed by atoms with Crippen molar-refractivity contribution >= 4 is 57.6 Å². The zero-order valence-electron chi connectivity index (χ0n) is 19.7. The Morgan fingerprint density at radius 3 is 2.77 bits per heavy atom. The lowest BCUT2D eigenvalue weighted by atomic mass is 9.95. The zero-order valence-corrected chi connectivity index (χ0v) is 21.2. The van der Waals surface area contributed by atoms with Crippen LogP contribution in [0.2, 0.25) is 5.02 Å². The molecule has 35 heavy (non-hydrogen) atoms. The van der Waals surface area contributed by atoms with Gasteiger partial charge in [-0.25, -0.2) is 9.38 Å². The first-order valence-corrected chi connectivity index (χ1v) is 13.0. The fourth-order valence-corrected chi connectivity index (χ4v) is 6.37. The molecule has 2 fully saturated rings. The van der Waals surface area contributed by atoms with E-state index in [1.54, 1.807) is 6.08 Å². The highest BCUT2D eigenvalue weighted by Gasteiger charge is 2.33. The maximum Gasteiger partial charge on any atom is 0.230 e. The summed E-state index contributed by atoms with van der Waals surface area (Å²) in [6, 6.07) is 4.25. The van der Waals surface area contributed by atoms with Gasteiger partial charge in [-0.2, -0.15) is 0 Å². The number of carbonyl (C=O) groups excluding carboxylic acids is 2. The van der Waals surface area contributed by atoms with E-state index in [4.69, 9.17) is 11.6 Å². The van der Waals surface area contributed by atoms with Gasteiger partial charge in [-0.05, 0) is 49.0 Å². The molecule has 1 aromatic carbocycles. The van der Waals surface area contributed by atoms with Crippen LogP contribution in [0.4, 0.5) is 15.8 Å². The third-order valence-corrected chi connectivity index (χ3v) is 8.24. The van der Waals surface area contributed by atoms with Crippen LogP contribution in [0, 0.1) is 5.82 Å². The molecule has 2 aromatic rings. The highest BCUT2D eigenvalue weighted by atomic mass is 35.5. The summed E-state index contributed by atoms with van der Waals surface area (Å²) in [5.74, 6) is 1.75. The molecule has 1 N–H and O–H groups in total. The number of aryl methyl sites for hydroxylation is 1. The molecule has 0 unspecified atom stereocenters. The lowest BCUT2D eigenvalue weighted by molar-refractivity contribution is -0.139. The summed E-state index contributed by atoms with van der Waals surface area (Å²) in [6.07, 6.45) is 5.74. The van der Waals surface area contributed by atoms with Gasteiger partial charge in [0.25, 0.3) is 0 Å². The lowest BCUT2D eigenvalue weighted by Gasteiger charge is -2.31. The number of fused-ring (bicyclic) bond motifs is 1. The number of likely N-dealkylation sites (tertiary alicyclic amines) is 1. The second kappa shape index (κ2) is 9.70. The van der Waals surface area contributed by atoms with Gasteiger partial charge in [0.1, 0.15) is 5.69 Å². The average molecular weight is 513 g/mol. The van der Waals surface area contributed by atoms with Crippen LogP contribution in [0.5, 0.6) is 0 Å². The molecule has 0 saturated carbocycles. The molecule has 2 amide bonds. The van der Waals surface area contributed by atoms with Crippen molar-refractivity contribution in [3.05, 3.63) is 56.0 Å². The largest absolute Gasteiger partial charge is 0.370 e. The SMILES string of the molecule is CCc1cc(Cl)cc(C2=CC=C=Nc3c2sc(CN2C(=O)CCC2=O)c3F)c1N(C)[C@@H]1CCNC1. The highest BCUT2D eigenvalue weighted by Crippen LogP contribution is 2.46. The number of imide groups is 1. The van der Waals surface area contributed by atoms with Gasteiger partial charge in [0.15, 0.2) is 5.82 Å². The average Bonchev–Trinajstić information content (AvgIpc) is 3.52. The summed E-state index contributed by atoms with van der Waals surface area (Å²) < 4.78 is 15.6. The Hall–Kier alpha value is -2.77. The molecular formula is C26H26ClFN4O2S. The summed E-state index contributed by atoms with van der Waals surface area (Å²) in [5.41, 5.74) is 4.06. The van der Waals surface area contributed by atoms with Crippen molar-refractivity contribution in [1.82, 2.24) is 10.2 Å². The number of hydrogen-bond donors (Lipinski definition) is 1. The second-order valence-corrected chi connectivity index (χ2v) is 10.5. The van der Waals surface area contributed by atoms with Crippen LogP contribution in [0.15, 0.2) is 29.3 Å². The molecule has 2 saturated heterocycles. The molecule has 6 nitrogen and oxygen atoms in total. The Morgan fingerprint density at radius 2 is 2.09 bits per heavy atom. The van der Waals surface area contributed by atoms with Crippen molar-refractivity contribution in [1.29, 1.82) is 0 Å². The number of amides is 2. The number of likely N-dealkylation sites (N-methyl/N-ethyl adjacent to an activating group) is 1. The summed E-state index contributed by atoms with van der Waals surface area (Å²) in [5, 5.41) is 4.04. The van der Waals surface area contributed by atoms with Crippen LogP contribution in [0.3, 0.4) is 0 Å². The normalized spacial score (nSPS) is 19.4. The van der Waals surface area contributed by atoms with Crippen LogP contribution < -0.4 is 10.2 Å². The third kappa shape index (κ3) is 4.36. The smallest absolute Gasteiger partial charge is 0.230 e. The number of hydrogen-bond acceptors (Lipinski definition) is 6. The number of nitrogens with one attached hydrogen (secondary N) is 1. The van der Waals surface area contributed by atoms with Crippen LogP contribution in [0.1, 0.15) is 47.1 Å². The highest BCUT2D eigenvalue weighted by molar-refractivity contribution is 7.13. The van der Waals surface area contributed by atoms with E-state index in [1.807, 2.05) is 18.2 Å². The Kier molecular flexibility index (Phi) is 6.64. The van der Waals surface area contributed by atoms with Gasteiger partial charge in [0, 0.05) is 60.4 Å². The Balaban J connectivity index is 1.63. The van der Waals surface area contributed by atoms with E-state index in [0.29, 0.717) is 20.8 Å². The van der Waals surface area contributed by atoms with E-state index in [2.05, 4.69) is 35.1 Å². The second-order valence-electron chi connectivity index (χ2n) is 8.95. The molecule has 0 aliphatic carbocycles. The number of rotatable bonds is 6. The number of nitrogens with zero attached hydrogens (tertiary/aromatic N) is 3. The summed E-state index contributed by atoms with van der Waals surface area (Å²) >= 11 is 7.80. The minimum absolute atomic E-state index is 0.0794. The molecule has 5 rings (SSSR count).